The van der Waals surface area contributed by atoms with E-state index in [0.717, 1.165) is 45.3 Å². The Kier molecular flexibility index (Phi) is 5.01. The zero-order valence-electron chi connectivity index (χ0n) is 11.3. The molecule has 0 aromatic carbocycles. The van der Waals surface area contributed by atoms with Gasteiger partial charge in [-0.3, -0.25) is 4.79 Å². The molecule has 1 saturated carbocycles. The highest BCUT2D eigenvalue weighted by atomic mass is 16.3. The molecule has 4 nitrogen and oxygen atoms in total. The van der Waals surface area contributed by atoms with E-state index in [4.69, 9.17) is 0 Å². The second-order valence-electron chi connectivity index (χ2n) is 5.91. The smallest absolute Gasteiger partial charge is 0.236 e. The lowest BCUT2D eigenvalue weighted by molar-refractivity contribution is -0.129. The summed E-state index contributed by atoms with van der Waals surface area (Å²) in [5, 5.41) is 12.9. The molecule has 0 spiro atoms. The Morgan fingerprint density at radius 3 is 2.39 bits per heavy atom. The zero-order chi connectivity index (χ0) is 12.8. The summed E-state index contributed by atoms with van der Waals surface area (Å²) >= 11 is 0. The number of carbonyl (C=O) groups is 1. The molecule has 1 aliphatic heterocycles. The standard InChI is InChI=1S/C14H26N2O2/c17-12-14(6-2-1-3-7-14)11-15-10-13(18)16-8-4-5-9-16/h15,17H,1-12H2. The highest BCUT2D eigenvalue weighted by Crippen LogP contribution is 2.35. The van der Waals surface area contributed by atoms with Crippen LogP contribution in [0.25, 0.3) is 0 Å². The summed E-state index contributed by atoms with van der Waals surface area (Å²) in [6, 6.07) is 0. The number of nitrogens with one attached hydrogen (secondary N) is 1. The first kappa shape index (κ1) is 13.8. The third-order valence-electron chi connectivity index (χ3n) is 4.48. The lowest BCUT2D eigenvalue weighted by Gasteiger charge is -2.35. The van der Waals surface area contributed by atoms with E-state index in [1.807, 2.05) is 4.90 Å². The number of amides is 1. The molecular formula is C14H26N2O2. The highest BCUT2D eigenvalue weighted by Gasteiger charge is 2.31. The van der Waals surface area contributed by atoms with Crippen LogP contribution in [0.2, 0.25) is 0 Å². The molecule has 0 atom stereocenters. The van der Waals surface area contributed by atoms with Gasteiger partial charge in [0.25, 0.3) is 0 Å². The number of hydrogen-bond acceptors (Lipinski definition) is 3. The van der Waals surface area contributed by atoms with Gasteiger partial charge in [-0.15, -0.1) is 0 Å². The van der Waals surface area contributed by atoms with Crippen LogP contribution in [0.4, 0.5) is 0 Å². The van der Waals surface area contributed by atoms with Crippen LogP contribution in [0.5, 0.6) is 0 Å². The average molecular weight is 254 g/mol. The van der Waals surface area contributed by atoms with Crippen molar-refractivity contribution in [2.24, 2.45) is 5.41 Å². The van der Waals surface area contributed by atoms with Crippen molar-refractivity contribution in [3.63, 3.8) is 0 Å². The fraction of sp³-hybridized carbons (Fsp3) is 0.929. The van der Waals surface area contributed by atoms with Gasteiger partial charge >= 0.3 is 0 Å². The summed E-state index contributed by atoms with van der Waals surface area (Å²) in [6.07, 6.45) is 8.18. The van der Waals surface area contributed by atoms with E-state index in [-0.39, 0.29) is 17.9 Å². The van der Waals surface area contributed by atoms with Crippen molar-refractivity contribution in [1.82, 2.24) is 10.2 Å². The number of aliphatic hydroxyl groups is 1. The van der Waals surface area contributed by atoms with Crippen molar-refractivity contribution in [3.8, 4) is 0 Å². The first-order valence-electron chi connectivity index (χ1n) is 7.35. The molecule has 2 fully saturated rings. The summed E-state index contributed by atoms with van der Waals surface area (Å²) < 4.78 is 0. The van der Waals surface area contributed by atoms with Gasteiger partial charge in [-0.25, -0.2) is 0 Å². The van der Waals surface area contributed by atoms with Crippen LogP contribution in [0.15, 0.2) is 0 Å². The van der Waals surface area contributed by atoms with E-state index in [9.17, 15) is 9.90 Å². The molecule has 2 rings (SSSR count). The summed E-state index contributed by atoms with van der Waals surface area (Å²) in [5.74, 6) is 0.219. The van der Waals surface area contributed by atoms with Gasteiger partial charge in [0, 0.05) is 31.7 Å². The van der Waals surface area contributed by atoms with Crippen molar-refractivity contribution < 1.29 is 9.90 Å². The molecule has 104 valence electrons. The van der Waals surface area contributed by atoms with Crippen molar-refractivity contribution in [2.75, 3.05) is 32.8 Å². The Hall–Kier alpha value is -0.610. The first-order chi connectivity index (χ1) is 8.76. The van der Waals surface area contributed by atoms with Gasteiger partial charge in [-0.05, 0) is 25.7 Å². The quantitative estimate of drug-likeness (QED) is 0.773. The third-order valence-corrected chi connectivity index (χ3v) is 4.48. The molecule has 1 aliphatic carbocycles. The van der Waals surface area contributed by atoms with E-state index in [0.29, 0.717) is 6.54 Å². The third kappa shape index (κ3) is 3.45. The Bertz CT molecular complexity index is 269. The van der Waals surface area contributed by atoms with E-state index < -0.39 is 0 Å². The van der Waals surface area contributed by atoms with Crippen molar-refractivity contribution in [1.29, 1.82) is 0 Å². The fourth-order valence-electron chi connectivity index (χ4n) is 3.21. The number of aliphatic hydroxyl groups excluding tert-OH is 1. The van der Waals surface area contributed by atoms with Gasteiger partial charge in [-0.2, -0.15) is 0 Å². The topological polar surface area (TPSA) is 52.6 Å². The molecule has 4 heteroatoms. The Balaban J connectivity index is 1.71. The maximum atomic E-state index is 11.9. The van der Waals surface area contributed by atoms with Gasteiger partial charge in [-0.1, -0.05) is 19.3 Å². The van der Waals surface area contributed by atoms with Gasteiger partial charge in [0.1, 0.15) is 0 Å². The number of hydrogen-bond donors (Lipinski definition) is 2. The Morgan fingerprint density at radius 2 is 1.78 bits per heavy atom. The molecule has 1 saturated heterocycles. The van der Waals surface area contributed by atoms with Crippen LogP contribution in [0, 0.1) is 5.41 Å². The Morgan fingerprint density at radius 1 is 1.11 bits per heavy atom. The minimum Gasteiger partial charge on any atom is -0.396 e. The van der Waals surface area contributed by atoms with E-state index in [1.165, 1.54) is 19.3 Å². The number of nitrogens with zero attached hydrogens (tertiary/aromatic N) is 1. The van der Waals surface area contributed by atoms with Crippen LogP contribution in [-0.2, 0) is 4.79 Å². The van der Waals surface area contributed by atoms with Gasteiger partial charge in [0.05, 0.1) is 6.54 Å². The molecule has 2 aliphatic rings. The number of likely N-dealkylation sites (tertiary alicyclic amines) is 1. The first-order valence-corrected chi connectivity index (χ1v) is 7.35. The monoisotopic (exact) mass is 254 g/mol. The highest BCUT2D eigenvalue weighted by molar-refractivity contribution is 5.78. The van der Waals surface area contributed by atoms with Crippen LogP contribution < -0.4 is 5.32 Å². The largest absolute Gasteiger partial charge is 0.396 e. The van der Waals surface area contributed by atoms with E-state index in [1.54, 1.807) is 0 Å². The molecule has 0 aromatic heterocycles. The molecule has 0 bridgehead atoms. The molecule has 1 heterocycles. The zero-order valence-corrected chi connectivity index (χ0v) is 11.3. The molecule has 1 amide bonds. The van der Waals surface area contributed by atoms with Crippen LogP contribution >= 0.6 is 0 Å². The summed E-state index contributed by atoms with van der Waals surface area (Å²) in [6.45, 7) is 3.31. The molecule has 0 aromatic rings. The summed E-state index contributed by atoms with van der Waals surface area (Å²) in [7, 11) is 0. The lowest BCUT2D eigenvalue weighted by atomic mass is 9.74. The van der Waals surface area contributed by atoms with Crippen molar-refractivity contribution in [2.45, 2.75) is 44.9 Å². The SMILES string of the molecule is O=C(CNCC1(CO)CCCCC1)N1CCCC1. The van der Waals surface area contributed by atoms with Gasteiger partial charge < -0.3 is 15.3 Å². The van der Waals surface area contributed by atoms with Crippen molar-refractivity contribution >= 4 is 5.91 Å². The maximum Gasteiger partial charge on any atom is 0.236 e. The second-order valence-corrected chi connectivity index (χ2v) is 5.91. The van der Waals surface area contributed by atoms with Crippen molar-refractivity contribution in [3.05, 3.63) is 0 Å². The summed E-state index contributed by atoms with van der Waals surface area (Å²) in [5.41, 5.74) is 0.0313. The fourth-order valence-corrected chi connectivity index (χ4v) is 3.21. The molecule has 2 N–H and O–H groups in total. The maximum absolute atomic E-state index is 11.9. The van der Waals surface area contributed by atoms with E-state index >= 15 is 0 Å². The molecular weight excluding hydrogens is 228 g/mol. The Labute approximate surface area is 110 Å². The number of carbonyl (C=O) groups excluding carboxylic acids is 1. The lowest BCUT2D eigenvalue weighted by Crippen LogP contribution is -2.43. The van der Waals surface area contributed by atoms with Gasteiger partial charge in [0.2, 0.25) is 5.91 Å². The minimum absolute atomic E-state index is 0.0313. The second kappa shape index (κ2) is 6.53. The molecule has 0 unspecified atom stereocenters. The average Bonchev–Trinajstić information content (AvgIpc) is 2.94. The number of rotatable bonds is 5. The van der Waals surface area contributed by atoms with Crippen LogP contribution in [0.1, 0.15) is 44.9 Å². The summed E-state index contributed by atoms with van der Waals surface area (Å²) in [4.78, 5) is 13.8. The minimum atomic E-state index is 0.0313. The molecule has 18 heavy (non-hydrogen) atoms. The van der Waals surface area contributed by atoms with E-state index in [2.05, 4.69) is 5.32 Å². The molecule has 0 radical (unpaired) electrons. The predicted octanol–water partition coefficient (Wildman–Crippen LogP) is 1.14. The van der Waals surface area contributed by atoms with Gasteiger partial charge in [0.15, 0.2) is 0 Å². The van der Waals surface area contributed by atoms with Crippen LogP contribution in [-0.4, -0.2) is 48.7 Å². The van der Waals surface area contributed by atoms with Crippen LogP contribution in [0.3, 0.4) is 0 Å². The normalized spacial score (nSPS) is 23.3. The predicted molar refractivity (Wildman–Crippen MR) is 71.3 cm³/mol.